The van der Waals surface area contributed by atoms with Gasteiger partial charge in [0.2, 0.25) is 17.6 Å². The van der Waals surface area contributed by atoms with Gasteiger partial charge in [0.15, 0.2) is 0 Å². The van der Waals surface area contributed by atoms with Gasteiger partial charge in [-0.2, -0.15) is 4.98 Å². The van der Waals surface area contributed by atoms with Gasteiger partial charge in [0, 0.05) is 18.2 Å². The molecular formula is C28H32FN5O3. The minimum atomic E-state index is -0.322. The Morgan fingerprint density at radius 2 is 1.78 bits per heavy atom. The number of carbonyl (C=O) groups is 2. The van der Waals surface area contributed by atoms with E-state index in [1.165, 1.54) is 18.6 Å². The van der Waals surface area contributed by atoms with E-state index in [4.69, 9.17) is 4.52 Å². The van der Waals surface area contributed by atoms with Crippen LogP contribution in [0.1, 0.15) is 61.2 Å². The van der Waals surface area contributed by atoms with E-state index in [1.807, 2.05) is 12.1 Å². The molecule has 2 N–H and O–H groups in total. The number of hydrogen-bond acceptors (Lipinski definition) is 6. The summed E-state index contributed by atoms with van der Waals surface area (Å²) in [6.07, 6.45) is 7.13. The Balaban J connectivity index is 1.19. The van der Waals surface area contributed by atoms with Gasteiger partial charge in [0.05, 0.1) is 23.7 Å². The Labute approximate surface area is 215 Å². The van der Waals surface area contributed by atoms with Crippen LogP contribution < -0.4 is 10.6 Å². The number of para-hydroxylation sites is 1. The average molecular weight is 506 g/mol. The zero-order valence-electron chi connectivity index (χ0n) is 20.8. The molecule has 1 unspecified atom stereocenters. The van der Waals surface area contributed by atoms with Crippen LogP contribution in [0.4, 0.5) is 10.1 Å². The number of piperidine rings is 1. The predicted molar refractivity (Wildman–Crippen MR) is 137 cm³/mol. The summed E-state index contributed by atoms with van der Waals surface area (Å²) < 4.78 is 18.6. The average Bonchev–Trinajstić information content (AvgIpc) is 3.38. The Morgan fingerprint density at radius 1 is 1.00 bits per heavy atom. The molecule has 1 atom stereocenters. The van der Waals surface area contributed by atoms with Crippen molar-refractivity contribution in [2.75, 3.05) is 18.4 Å². The van der Waals surface area contributed by atoms with Crippen LogP contribution in [0.15, 0.2) is 53.1 Å². The number of rotatable bonds is 7. The van der Waals surface area contributed by atoms with Crippen LogP contribution in [-0.4, -0.2) is 46.0 Å². The molecule has 2 aromatic carbocycles. The molecule has 194 valence electrons. The fourth-order valence-electron chi connectivity index (χ4n) is 5.17. The summed E-state index contributed by atoms with van der Waals surface area (Å²) in [5.41, 5.74) is 1.71. The van der Waals surface area contributed by atoms with E-state index in [0.717, 1.165) is 45.1 Å². The lowest BCUT2D eigenvalue weighted by Gasteiger charge is -2.31. The summed E-state index contributed by atoms with van der Waals surface area (Å²) in [5.74, 6) is 0.0800. The van der Waals surface area contributed by atoms with Crippen molar-refractivity contribution in [1.82, 2.24) is 20.4 Å². The zero-order chi connectivity index (χ0) is 25.6. The van der Waals surface area contributed by atoms with Crippen molar-refractivity contribution < 1.29 is 18.5 Å². The Bertz CT molecular complexity index is 1220. The van der Waals surface area contributed by atoms with Crippen molar-refractivity contribution in [2.24, 2.45) is 5.92 Å². The van der Waals surface area contributed by atoms with Crippen molar-refractivity contribution in [3.63, 3.8) is 0 Å². The molecule has 1 saturated heterocycles. The Kier molecular flexibility index (Phi) is 7.89. The van der Waals surface area contributed by atoms with Crippen LogP contribution in [0, 0.1) is 11.7 Å². The molecule has 1 saturated carbocycles. The topological polar surface area (TPSA) is 100 Å². The first-order chi connectivity index (χ1) is 18.0. The highest BCUT2D eigenvalue weighted by Crippen LogP contribution is 2.24. The number of halogens is 1. The number of hydrogen-bond donors (Lipinski definition) is 2. The summed E-state index contributed by atoms with van der Waals surface area (Å²) in [6.45, 7) is 1.80. The third-order valence-electron chi connectivity index (χ3n) is 7.18. The van der Waals surface area contributed by atoms with Crippen LogP contribution in [0.3, 0.4) is 0 Å². The lowest BCUT2D eigenvalue weighted by molar-refractivity contribution is -0.121. The van der Waals surface area contributed by atoms with Gasteiger partial charge in [-0.25, -0.2) is 4.39 Å². The fourth-order valence-corrected chi connectivity index (χ4v) is 5.17. The molecule has 1 aliphatic carbocycles. The molecule has 37 heavy (non-hydrogen) atoms. The lowest BCUT2D eigenvalue weighted by atomic mass is 9.95. The second-order valence-corrected chi connectivity index (χ2v) is 9.94. The maximum Gasteiger partial charge on any atom is 0.253 e. The first-order valence-electron chi connectivity index (χ1n) is 13.1. The molecule has 2 fully saturated rings. The molecule has 0 radical (unpaired) electrons. The Morgan fingerprint density at radius 3 is 2.59 bits per heavy atom. The maximum atomic E-state index is 13.2. The molecule has 1 aromatic heterocycles. The van der Waals surface area contributed by atoms with E-state index in [2.05, 4.69) is 25.7 Å². The van der Waals surface area contributed by atoms with E-state index in [1.54, 1.807) is 24.3 Å². The fraction of sp³-hybridized carbons (Fsp3) is 0.429. The van der Waals surface area contributed by atoms with Gasteiger partial charge >= 0.3 is 0 Å². The number of benzene rings is 2. The highest BCUT2D eigenvalue weighted by molar-refractivity contribution is 6.04. The molecule has 5 rings (SSSR count). The molecule has 9 heteroatoms. The number of nitrogens with one attached hydrogen (secondary N) is 2. The molecule has 2 heterocycles. The first-order valence-corrected chi connectivity index (χ1v) is 13.1. The van der Waals surface area contributed by atoms with E-state index >= 15 is 0 Å². The molecule has 0 spiro atoms. The summed E-state index contributed by atoms with van der Waals surface area (Å²) in [4.78, 5) is 32.7. The second-order valence-electron chi connectivity index (χ2n) is 9.94. The highest BCUT2D eigenvalue weighted by Gasteiger charge is 2.28. The van der Waals surface area contributed by atoms with E-state index in [-0.39, 0.29) is 29.6 Å². The van der Waals surface area contributed by atoms with Crippen LogP contribution in [0.2, 0.25) is 0 Å². The van der Waals surface area contributed by atoms with E-state index < -0.39 is 0 Å². The highest BCUT2D eigenvalue weighted by atomic mass is 19.1. The second kappa shape index (κ2) is 11.6. The van der Waals surface area contributed by atoms with Crippen LogP contribution in [0.25, 0.3) is 11.4 Å². The number of nitrogens with zero attached hydrogens (tertiary/aromatic N) is 3. The summed E-state index contributed by atoms with van der Waals surface area (Å²) >= 11 is 0. The van der Waals surface area contributed by atoms with Gasteiger partial charge in [-0.15, -0.1) is 0 Å². The van der Waals surface area contributed by atoms with Gasteiger partial charge in [0.25, 0.3) is 5.91 Å². The van der Waals surface area contributed by atoms with Gasteiger partial charge in [-0.3, -0.25) is 14.5 Å². The minimum absolute atomic E-state index is 0.0971. The Hall–Kier alpha value is -3.59. The summed E-state index contributed by atoms with van der Waals surface area (Å²) in [6, 6.07) is 13.3. The van der Waals surface area contributed by atoms with Crippen LogP contribution >= 0.6 is 0 Å². The SMILES string of the molecule is O=C(NC1CCCCC1)c1ccccc1NC(=O)C1CCCN(Cc2nc(-c3ccc(F)cc3)no2)C1. The smallest absolute Gasteiger partial charge is 0.253 e. The number of amides is 2. The van der Waals surface area contributed by atoms with Gasteiger partial charge < -0.3 is 15.2 Å². The monoisotopic (exact) mass is 505 g/mol. The van der Waals surface area contributed by atoms with Crippen molar-refractivity contribution >= 4 is 17.5 Å². The number of aromatic nitrogens is 2. The zero-order valence-corrected chi connectivity index (χ0v) is 20.8. The standard InChI is InChI=1S/C28H32FN5O3/c29-21-14-12-19(13-15-21)26-32-25(37-33-26)18-34-16-6-7-20(17-34)27(35)31-24-11-5-4-10-23(24)28(36)30-22-8-2-1-3-9-22/h4-5,10-15,20,22H,1-3,6-9,16-18H2,(H,30,36)(H,31,35). The van der Waals surface area contributed by atoms with Crippen LogP contribution in [0.5, 0.6) is 0 Å². The number of likely N-dealkylation sites (tertiary alicyclic amines) is 1. The predicted octanol–water partition coefficient (Wildman–Crippen LogP) is 4.79. The third kappa shape index (κ3) is 6.40. The van der Waals surface area contributed by atoms with Crippen molar-refractivity contribution in [2.45, 2.75) is 57.5 Å². The summed E-state index contributed by atoms with van der Waals surface area (Å²) in [7, 11) is 0. The van der Waals surface area contributed by atoms with Gasteiger partial charge in [-0.1, -0.05) is 36.6 Å². The molecule has 2 aliphatic rings. The van der Waals surface area contributed by atoms with E-state index in [9.17, 15) is 14.0 Å². The minimum Gasteiger partial charge on any atom is -0.349 e. The summed E-state index contributed by atoms with van der Waals surface area (Å²) in [5, 5.41) is 10.2. The number of carbonyl (C=O) groups excluding carboxylic acids is 2. The van der Waals surface area contributed by atoms with Crippen molar-refractivity contribution in [3.8, 4) is 11.4 Å². The van der Waals surface area contributed by atoms with E-state index in [0.29, 0.717) is 41.6 Å². The first kappa shape index (κ1) is 25.1. The third-order valence-corrected chi connectivity index (χ3v) is 7.18. The molecule has 2 amide bonds. The molecular weight excluding hydrogens is 473 g/mol. The largest absolute Gasteiger partial charge is 0.349 e. The van der Waals surface area contributed by atoms with Crippen LogP contribution in [-0.2, 0) is 11.3 Å². The molecule has 0 bridgehead atoms. The van der Waals surface area contributed by atoms with Gasteiger partial charge in [0.1, 0.15) is 5.82 Å². The van der Waals surface area contributed by atoms with Gasteiger partial charge in [-0.05, 0) is 68.6 Å². The van der Waals surface area contributed by atoms with Crippen molar-refractivity contribution in [3.05, 3.63) is 65.8 Å². The number of anilines is 1. The maximum absolute atomic E-state index is 13.2. The quantitative estimate of drug-likeness (QED) is 0.479. The normalized spacial score (nSPS) is 18.9. The molecule has 1 aliphatic heterocycles. The lowest BCUT2D eigenvalue weighted by Crippen LogP contribution is -2.40. The molecule has 3 aromatic rings. The molecule has 8 nitrogen and oxygen atoms in total. The van der Waals surface area contributed by atoms with Crippen molar-refractivity contribution in [1.29, 1.82) is 0 Å².